The maximum atomic E-state index is 11.4. The van der Waals surface area contributed by atoms with Gasteiger partial charge in [-0.1, -0.05) is 11.6 Å². The first-order valence-electron chi connectivity index (χ1n) is 4.48. The minimum atomic E-state index is -0.391. The van der Waals surface area contributed by atoms with Crippen LogP contribution in [-0.4, -0.2) is 16.8 Å². The Hall–Kier alpha value is -0.940. The molecule has 0 aliphatic carbocycles. The number of pyridine rings is 1. The number of carbonyl (C=O) groups is 2. The third-order valence-electron chi connectivity index (χ3n) is 2.05. The zero-order chi connectivity index (χ0) is 12.5. The maximum absolute atomic E-state index is 11.4. The number of rotatable bonds is 1. The van der Waals surface area contributed by atoms with Crippen LogP contribution in [0.5, 0.6) is 0 Å². The molecule has 86 valence electrons. The van der Waals surface area contributed by atoms with Crippen LogP contribution in [0.3, 0.4) is 0 Å². The van der Waals surface area contributed by atoms with Crippen molar-refractivity contribution in [3.63, 3.8) is 0 Å². The zero-order valence-corrected chi connectivity index (χ0v) is 11.4. The molecule has 0 N–H and O–H groups in total. The summed E-state index contributed by atoms with van der Waals surface area (Å²) in [5.41, 5.74) is 1.03. The molecular weight excluding hydrogens is 295 g/mol. The number of anilines is 1. The van der Waals surface area contributed by atoms with E-state index in [1.807, 2.05) is 0 Å². The van der Waals surface area contributed by atoms with E-state index >= 15 is 0 Å². The molecule has 0 spiro atoms. The van der Waals surface area contributed by atoms with Crippen LogP contribution in [0.4, 0.5) is 5.69 Å². The monoisotopic (exact) mass is 304 g/mol. The summed E-state index contributed by atoms with van der Waals surface area (Å²) >= 11 is 9.18. The summed E-state index contributed by atoms with van der Waals surface area (Å²) in [6.07, 6.45) is 1.53. The van der Waals surface area contributed by atoms with Crippen molar-refractivity contribution in [1.82, 2.24) is 4.98 Å². The number of halogens is 2. The molecule has 16 heavy (non-hydrogen) atoms. The number of amides is 2. The normalized spacial score (nSPS) is 10.1. The average Bonchev–Trinajstić information content (AvgIpc) is 2.17. The largest absolute Gasteiger partial charge is 0.274 e. The Morgan fingerprint density at radius 3 is 2.31 bits per heavy atom. The lowest BCUT2D eigenvalue weighted by atomic mass is 10.2. The molecule has 0 atom stereocenters. The first-order chi connectivity index (χ1) is 7.36. The summed E-state index contributed by atoms with van der Waals surface area (Å²) in [6, 6.07) is 0. The second-order valence-electron chi connectivity index (χ2n) is 3.24. The van der Waals surface area contributed by atoms with E-state index in [0.29, 0.717) is 15.7 Å². The van der Waals surface area contributed by atoms with E-state index in [2.05, 4.69) is 20.9 Å². The second kappa shape index (κ2) is 4.93. The fourth-order valence-corrected chi connectivity index (χ4v) is 1.90. The highest BCUT2D eigenvalue weighted by Crippen LogP contribution is 2.32. The lowest BCUT2D eigenvalue weighted by Gasteiger charge is -2.20. The number of imide groups is 1. The molecule has 0 aliphatic heterocycles. The third-order valence-corrected chi connectivity index (χ3v) is 3.13. The molecule has 0 unspecified atom stereocenters. The Balaban J connectivity index is 3.46. The van der Waals surface area contributed by atoms with Crippen molar-refractivity contribution in [2.75, 3.05) is 4.90 Å². The van der Waals surface area contributed by atoms with Crippen LogP contribution in [0.1, 0.15) is 19.4 Å². The van der Waals surface area contributed by atoms with Gasteiger partial charge in [-0.05, 0) is 28.4 Å². The van der Waals surface area contributed by atoms with Crippen LogP contribution in [0.2, 0.25) is 5.15 Å². The van der Waals surface area contributed by atoms with E-state index in [1.54, 1.807) is 6.92 Å². The number of nitrogens with zero attached hydrogens (tertiary/aromatic N) is 2. The first kappa shape index (κ1) is 13.1. The van der Waals surface area contributed by atoms with E-state index in [-0.39, 0.29) is 5.15 Å². The highest BCUT2D eigenvalue weighted by Gasteiger charge is 2.23. The molecule has 0 aromatic carbocycles. The van der Waals surface area contributed by atoms with E-state index in [0.717, 1.165) is 4.90 Å². The lowest BCUT2D eigenvalue weighted by molar-refractivity contribution is -0.124. The second-order valence-corrected chi connectivity index (χ2v) is 4.46. The summed E-state index contributed by atoms with van der Waals surface area (Å²) in [4.78, 5) is 27.7. The fourth-order valence-electron chi connectivity index (χ4n) is 1.34. The molecule has 0 saturated carbocycles. The number of hydrogen-bond donors (Lipinski definition) is 0. The summed E-state index contributed by atoms with van der Waals surface area (Å²) in [5.74, 6) is -0.783. The van der Waals surface area contributed by atoms with E-state index in [4.69, 9.17) is 11.6 Å². The predicted octanol–water partition coefficient (Wildman–Crippen LogP) is 2.71. The van der Waals surface area contributed by atoms with Crippen LogP contribution < -0.4 is 4.90 Å². The quantitative estimate of drug-likeness (QED) is 0.750. The minimum absolute atomic E-state index is 0.131. The minimum Gasteiger partial charge on any atom is -0.274 e. The topological polar surface area (TPSA) is 50.3 Å². The van der Waals surface area contributed by atoms with Crippen molar-refractivity contribution in [3.05, 3.63) is 21.4 Å². The van der Waals surface area contributed by atoms with E-state index in [1.165, 1.54) is 20.0 Å². The predicted molar refractivity (Wildman–Crippen MR) is 65.5 cm³/mol. The molecule has 0 aliphatic rings. The van der Waals surface area contributed by atoms with Gasteiger partial charge in [-0.25, -0.2) is 9.88 Å². The van der Waals surface area contributed by atoms with Gasteiger partial charge in [0.1, 0.15) is 0 Å². The van der Waals surface area contributed by atoms with Crippen LogP contribution >= 0.6 is 27.5 Å². The maximum Gasteiger partial charge on any atom is 0.230 e. The third kappa shape index (κ3) is 2.41. The van der Waals surface area contributed by atoms with Crippen molar-refractivity contribution < 1.29 is 9.59 Å². The van der Waals surface area contributed by atoms with E-state index < -0.39 is 11.8 Å². The molecule has 1 heterocycles. The van der Waals surface area contributed by atoms with Gasteiger partial charge in [0.05, 0.1) is 5.69 Å². The summed E-state index contributed by atoms with van der Waals surface area (Å²) < 4.78 is 0.694. The van der Waals surface area contributed by atoms with E-state index in [9.17, 15) is 9.59 Å². The van der Waals surface area contributed by atoms with Crippen molar-refractivity contribution in [3.8, 4) is 0 Å². The Bertz CT molecular complexity index is 448. The van der Waals surface area contributed by atoms with Crippen LogP contribution in [0.15, 0.2) is 10.7 Å². The summed E-state index contributed by atoms with van der Waals surface area (Å²) in [5, 5.41) is 0.131. The lowest BCUT2D eigenvalue weighted by Crippen LogP contribution is -2.34. The standard InChI is InChI=1S/C10H10BrClN2O2/c1-5-8(11)4-13-10(12)9(5)14(6(2)15)7(3)16/h4H,1-3H3. The van der Waals surface area contributed by atoms with Gasteiger partial charge in [0, 0.05) is 24.5 Å². The molecule has 1 aromatic rings. The average molecular weight is 306 g/mol. The van der Waals surface area contributed by atoms with Crippen LogP contribution in [0.25, 0.3) is 0 Å². The highest BCUT2D eigenvalue weighted by molar-refractivity contribution is 9.10. The molecule has 0 fully saturated rings. The van der Waals surface area contributed by atoms with Crippen LogP contribution in [0, 0.1) is 6.92 Å². The summed E-state index contributed by atoms with van der Waals surface area (Å²) in [6.45, 7) is 4.36. The van der Waals surface area contributed by atoms with Gasteiger partial charge in [0.25, 0.3) is 0 Å². The van der Waals surface area contributed by atoms with Crippen molar-refractivity contribution in [2.24, 2.45) is 0 Å². The van der Waals surface area contributed by atoms with Crippen molar-refractivity contribution in [1.29, 1.82) is 0 Å². The Labute approximate surface area is 107 Å². The van der Waals surface area contributed by atoms with Gasteiger partial charge < -0.3 is 0 Å². The molecular formula is C10H10BrClN2O2. The molecule has 1 aromatic heterocycles. The number of hydrogen-bond acceptors (Lipinski definition) is 3. The Morgan fingerprint density at radius 1 is 1.38 bits per heavy atom. The molecule has 4 nitrogen and oxygen atoms in total. The van der Waals surface area contributed by atoms with Gasteiger partial charge >= 0.3 is 0 Å². The number of carbonyl (C=O) groups excluding carboxylic acids is 2. The fraction of sp³-hybridized carbons (Fsp3) is 0.300. The number of aromatic nitrogens is 1. The molecule has 0 radical (unpaired) electrons. The summed E-state index contributed by atoms with van der Waals surface area (Å²) in [7, 11) is 0. The Morgan fingerprint density at radius 2 is 1.88 bits per heavy atom. The van der Waals surface area contributed by atoms with Gasteiger partial charge in [0.15, 0.2) is 5.15 Å². The molecule has 2 amide bonds. The smallest absolute Gasteiger partial charge is 0.230 e. The van der Waals surface area contributed by atoms with Crippen LogP contribution in [-0.2, 0) is 9.59 Å². The molecule has 6 heteroatoms. The highest BCUT2D eigenvalue weighted by atomic mass is 79.9. The zero-order valence-electron chi connectivity index (χ0n) is 9.04. The molecule has 0 saturated heterocycles. The van der Waals surface area contributed by atoms with Crippen molar-refractivity contribution in [2.45, 2.75) is 20.8 Å². The Kier molecular flexibility index (Phi) is 4.04. The van der Waals surface area contributed by atoms with Gasteiger partial charge in [-0.3, -0.25) is 9.59 Å². The van der Waals surface area contributed by atoms with Gasteiger partial charge in [-0.2, -0.15) is 0 Å². The van der Waals surface area contributed by atoms with Gasteiger partial charge in [0.2, 0.25) is 11.8 Å². The molecule has 1 rings (SSSR count). The van der Waals surface area contributed by atoms with Crippen molar-refractivity contribution >= 4 is 45.0 Å². The SMILES string of the molecule is CC(=O)N(C(C)=O)c1c(Cl)ncc(Br)c1C. The first-order valence-corrected chi connectivity index (χ1v) is 5.65. The molecule has 0 bridgehead atoms. The van der Waals surface area contributed by atoms with Gasteiger partial charge in [-0.15, -0.1) is 0 Å².